The Morgan fingerprint density at radius 2 is 1.24 bits per heavy atom. The van der Waals surface area contributed by atoms with E-state index < -0.39 is 0 Å². The zero-order valence-electron chi connectivity index (χ0n) is 12.7. The largest absolute Gasteiger partial charge is 0.496 e. The summed E-state index contributed by atoms with van der Waals surface area (Å²) in [5.41, 5.74) is 1.34. The minimum absolute atomic E-state index is 0.951. The lowest BCUT2D eigenvalue weighted by Gasteiger charge is -2.11. The molecule has 0 atom stereocenters. The number of hydrogen-bond acceptors (Lipinski definition) is 3. The van der Waals surface area contributed by atoms with Crippen molar-refractivity contribution in [2.75, 3.05) is 19.6 Å². The van der Waals surface area contributed by atoms with Crippen molar-refractivity contribution in [2.24, 2.45) is 0 Å². The molecule has 0 aliphatic heterocycles. The van der Waals surface area contributed by atoms with Crippen molar-refractivity contribution in [2.45, 2.75) is 16.7 Å². The van der Waals surface area contributed by atoms with Gasteiger partial charge in [0, 0.05) is 9.79 Å². The molecule has 0 aromatic heterocycles. The van der Waals surface area contributed by atoms with E-state index in [1.54, 1.807) is 30.6 Å². The van der Waals surface area contributed by atoms with E-state index in [-0.39, 0.29) is 0 Å². The minimum Gasteiger partial charge on any atom is -0.496 e. The van der Waals surface area contributed by atoms with E-state index >= 15 is 0 Å². The van der Waals surface area contributed by atoms with Gasteiger partial charge in [0.15, 0.2) is 0 Å². The van der Waals surface area contributed by atoms with Crippen LogP contribution in [0.25, 0.3) is 21.5 Å². The molecule has 0 amide bonds. The highest BCUT2D eigenvalue weighted by Gasteiger charge is 2.07. The van der Waals surface area contributed by atoms with Gasteiger partial charge in [0.1, 0.15) is 5.75 Å². The zero-order valence-corrected chi connectivity index (χ0v) is 14.3. The lowest BCUT2D eigenvalue weighted by Crippen LogP contribution is -1.87. The highest BCUT2D eigenvalue weighted by molar-refractivity contribution is 7.99. The molecule has 3 rings (SSSR count). The number of ether oxygens (including phenoxy) is 1. The van der Waals surface area contributed by atoms with Crippen molar-refractivity contribution in [3.05, 3.63) is 42.0 Å². The molecule has 0 heterocycles. The van der Waals surface area contributed by atoms with Crippen molar-refractivity contribution >= 4 is 45.1 Å². The van der Waals surface area contributed by atoms with E-state index in [9.17, 15) is 0 Å². The Morgan fingerprint density at radius 1 is 0.714 bits per heavy atom. The molecular weight excluding hydrogens is 296 g/mol. The summed E-state index contributed by atoms with van der Waals surface area (Å²) in [5, 5.41) is 5.09. The highest BCUT2D eigenvalue weighted by atomic mass is 32.2. The number of fused-ring (bicyclic) bond motifs is 2. The second kappa shape index (κ2) is 5.82. The summed E-state index contributed by atoms with van der Waals surface area (Å²) < 4.78 is 5.50. The van der Waals surface area contributed by atoms with Gasteiger partial charge in [-0.05, 0) is 76.9 Å². The zero-order chi connectivity index (χ0) is 15.0. The molecule has 0 aliphatic rings. The predicted molar refractivity (Wildman–Crippen MR) is 96.3 cm³/mol. The van der Waals surface area contributed by atoms with Gasteiger partial charge >= 0.3 is 0 Å². The Balaban J connectivity index is 2.32. The molecule has 0 aliphatic carbocycles. The molecule has 0 saturated heterocycles. The monoisotopic (exact) mass is 314 g/mol. The van der Waals surface area contributed by atoms with Crippen LogP contribution >= 0.6 is 23.5 Å². The molecule has 3 aromatic carbocycles. The fraction of sp³-hybridized carbons (Fsp3) is 0.222. The van der Waals surface area contributed by atoms with Crippen molar-refractivity contribution in [3.8, 4) is 5.75 Å². The number of hydrogen-bond donors (Lipinski definition) is 0. The average molecular weight is 314 g/mol. The van der Waals surface area contributed by atoms with E-state index in [1.807, 2.05) is 0 Å². The van der Waals surface area contributed by atoms with Gasteiger partial charge in [-0.2, -0.15) is 0 Å². The van der Waals surface area contributed by atoms with E-state index in [2.05, 4.69) is 55.8 Å². The molecule has 0 saturated carbocycles. The topological polar surface area (TPSA) is 9.23 Å². The van der Waals surface area contributed by atoms with Crippen LogP contribution in [-0.4, -0.2) is 19.6 Å². The third-order valence-corrected chi connectivity index (χ3v) is 5.45. The maximum Gasteiger partial charge on any atom is 0.133 e. The van der Waals surface area contributed by atoms with E-state index in [1.165, 1.54) is 36.9 Å². The summed E-state index contributed by atoms with van der Waals surface area (Å²) >= 11 is 3.52. The Labute approximate surface area is 134 Å². The summed E-state index contributed by atoms with van der Waals surface area (Å²) in [7, 11) is 1.73. The molecule has 0 N–H and O–H groups in total. The van der Waals surface area contributed by atoms with Crippen molar-refractivity contribution < 1.29 is 4.74 Å². The molecule has 0 fully saturated rings. The lowest BCUT2D eigenvalue weighted by atomic mass is 10.0. The fourth-order valence-corrected chi connectivity index (χ4v) is 3.91. The van der Waals surface area contributed by atoms with Crippen LogP contribution in [0.4, 0.5) is 0 Å². The number of thioether (sulfide) groups is 2. The summed E-state index contributed by atoms with van der Waals surface area (Å²) in [6.45, 7) is 2.18. The second-order valence-corrected chi connectivity index (χ2v) is 6.77. The van der Waals surface area contributed by atoms with Gasteiger partial charge in [-0.3, -0.25) is 0 Å². The summed E-state index contributed by atoms with van der Waals surface area (Å²) in [6.07, 6.45) is 4.21. The van der Waals surface area contributed by atoms with Gasteiger partial charge in [-0.15, -0.1) is 23.5 Å². The number of methoxy groups -OCH3 is 1. The first-order valence-corrected chi connectivity index (χ1v) is 9.25. The fourth-order valence-electron chi connectivity index (χ4n) is 2.69. The molecule has 1 nitrogen and oxygen atoms in total. The minimum atomic E-state index is 0.951. The third kappa shape index (κ3) is 2.60. The van der Waals surface area contributed by atoms with E-state index in [0.717, 1.165) is 5.75 Å². The van der Waals surface area contributed by atoms with Crippen LogP contribution < -0.4 is 4.74 Å². The molecule has 0 radical (unpaired) electrons. The summed E-state index contributed by atoms with van der Waals surface area (Å²) in [4.78, 5) is 2.52. The van der Waals surface area contributed by atoms with Crippen LogP contribution in [0.3, 0.4) is 0 Å². The Kier molecular flexibility index (Phi) is 4.05. The number of benzene rings is 3. The quantitative estimate of drug-likeness (QED) is 0.450. The molecule has 0 spiro atoms. The normalized spacial score (nSPS) is 11.2. The SMILES string of the molecule is COc1cc2cc3cc(SC)c(C)cc3cc2cc1SC. The first kappa shape index (κ1) is 14.6. The molecule has 3 aromatic rings. The molecule has 108 valence electrons. The van der Waals surface area contributed by atoms with Gasteiger partial charge < -0.3 is 4.74 Å². The maximum atomic E-state index is 5.50. The van der Waals surface area contributed by atoms with Gasteiger partial charge in [-0.1, -0.05) is 6.07 Å². The molecule has 21 heavy (non-hydrogen) atoms. The Morgan fingerprint density at radius 3 is 1.81 bits per heavy atom. The lowest BCUT2D eigenvalue weighted by molar-refractivity contribution is 0.405. The summed E-state index contributed by atoms with van der Waals surface area (Å²) in [6, 6.07) is 13.5. The van der Waals surface area contributed by atoms with Crippen LogP contribution in [0.5, 0.6) is 5.75 Å². The highest BCUT2D eigenvalue weighted by Crippen LogP contribution is 2.35. The van der Waals surface area contributed by atoms with Crippen LogP contribution in [0.15, 0.2) is 46.2 Å². The van der Waals surface area contributed by atoms with Gasteiger partial charge in [0.2, 0.25) is 0 Å². The average Bonchev–Trinajstić information content (AvgIpc) is 2.51. The van der Waals surface area contributed by atoms with Crippen LogP contribution in [-0.2, 0) is 0 Å². The predicted octanol–water partition coefficient (Wildman–Crippen LogP) is 5.75. The smallest absolute Gasteiger partial charge is 0.133 e. The third-order valence-electron chi connectivity index (χ3n) is 3.81. The maximum absolute atomic E-state index is 5.50. The molecule has 0 unspecified atom stereocenters. The molecule has 3 heteroatoms. The van der Waals surface area contributed by atoms with Crippen LogP contribution in [0, 0.1) is 6.92 Å². The number of rotatable bonds is 3. The first-order valence-electron chi connectivity index (χ1n) is 6.80. The van der Waals surface area contributed by atoms with E-state index in [0.29, 0.717) is 0 Å². The van der Waals surface area contributed by atoms with Crippen LogP contribution in [0.1, 0.15) is 5.56 Å². The van der Waals surface area contributed by atoms with Gasteiger partial charge in [-0.25, -0.2) is 0 Å². The van der Waals surface area contributed by atoms with Crippen molar-refractivity contribution in [3.63, 3.8) is 0 Å². The Hall–Kier alpha value is -1.32. The van der Waals surface area contributed by atoms with Gasteiger partial charge in [0.25, 0.3) is 0 Å². The second-order valence-electron chi connectivity index (χ2n) is 5.08. The summed E-state index contributed by atoms with van der Waals surface area (Å²) in [5.74, 6) is 0.951. The van der Waals surface area contributed by atoms with Crippen molar-refractivity contribution in [1.29, 1.82) is 0 Å². The number of aryl methyl sites for hydroxylation is 1. The Bertz CT molecular complexity index is 824. The van der Waals surface area contributed by atoms with E-state index in [4.69, 9.17) is 4.74 Å². The molecular formula is C18H18OS2. The molecule has 0 bridgehead atoms. The standard InChI is InChI=1S/C18H18OS2/c1-11-5-12-6-15-10-18(21-4)16(19-2)8-13(15)7-14(12)9-17(11)20-3/h5-10H,1-4H3. The first-order chi connectivity index (χ1) is 10.2. The van der Waals surface area contributed by atoms with Gasteiger partial charge in [0.05, 0.1) is 7.11 Å². The van der Waals surface area contributed by atoms with Crippen molar-refractivity contribution in [1.82, 2.24) is 0 Å². The van der Waals surface area contributed by atoms with Crippen LogP contribution in [0.2, 0.25) is 0 Å².